The lowest BCUT2D eigenvalue weighted by molar-refractivity contribution is 0.0689. The fraction of sp³-hybridized carbons (Fsp3) is 0.231. The van der Waals surface area contributed by atoms with Crippen molar-refractivity contribution in [1.29, 1.82) is 0 Å². The van der Waals surface area contributed by atoms with Crippen LogP contribution in [-0.2, 0) is 13.0 Å². The molecule has 0 saturated heterocycles. The predicted octanol–water partition coefficient (Wildman–Crippen LogP) is 1.73. The van der Waals surface area contributed by atoms with Gasteiger partial charge in [0.2, 0.25) is 0 Å². The number of carboxylic acids is 1. The molecule has 6 nitrogen and oxygen atoms in total. The van der Waals surface area contributed by atoms with Gasteiger partial charge in [0.25, 0.3) is 5.91 Å². The molecule has 0 aliphatic carbocycles. The summed E-state index contributed by atoms with van der Waals surface area (Å²) in [5.74, 6) is -1.42. The number of rotatable bonds is 5. The highest BCUT2D eigenvalue weighted by Crippen LogP contribution is 2.13. The predicted molar refractivity (Wildman–Crippen MR) is 73.9 cm³/mol. The van der Waals surface area contributed by atoms with Crippen molar-refractivity contribution < 1.29 is 14.7 Å². The molecule has 1 amide bonds. The fourth-order valence-electron chi connectivity index (χ4n) is 1.51. The summed E-state index contributed by atoms with van der Waals surface area (Å²) < 4.78 is 0. The molecule has 0 aliphatic rings. The highest BCUT2D eigenvalue weighted by Gasteiger charge is 2.09. The molecule has 20 heavy (non-hydrogen) atoms. The van der Waals surface area contributed by atoms with Gasteiger partial charge in [-0.25, -0.2) is 14.8 Å². The molecule has 104 valence electrons. The molecule has 0 fully saturated rings. The lowest BCUT2D eigenvalue weighted by Gasteiger charge is -2.03. The van der Waals surface area contributed by atoms with Crippen LogP contribution in [0.1, 0.15) is 37.7 Å². The van der Waals surface area contributed by atoms with Crippen molar-refractivity contribution in [2.24, 2.45) is 0 Å². The number of thiazole rings is 1. The summed E-state index contributed by atoms with van der Waals surface area (Å²) in [4.78, 5) is 31.6. The Morgan fingerprint density at radius 2 is 2.10 bits per heavy atom. The number of nitrogens with one attached hydrogen (secondary N) is 1. The van der Waals surface area contributed by atoms with E-state index >= 15 is 0 Å². The highest BCUT2D eigenvalue weighted by atomic mass is 32.1. The molecule has 2 aromatic heterocycles. The molecule has 0 aromatic carbocycles. The van der Waals surface area contributed by atoms with Crippen LogP contribution in [0, 0.1) is 0 Å². The summed E-state index contributed by atoms with van der Waals surface area (Å²) in [6.45, 7) is 2.40. The summed E-state index contributed by atoms with van der Waals surface area (Å²) in [5, 5.41) is 12.3. The molecular formula is C13H13N3O3S. The van der Waals surface area contributed by atoms with Crippen LogP contribution >= 0.6 is 11.3 Å². The van der Waals surface area contributed by atoms with Crippen molar-refractivity contribution in [3.63, 3.8) is 0 Å². The van der Waals surface area contributed by atoms with E-state index in [2.05, 4.69) is 15.3 Å². The molecular weight excluding hydrogens is 278 g/mol. The van der Waals surface area contributed by atoms with Gasteiger partial charge >= 0.3 is 5.97 Å². The lowest BCUT2D eigenvalue weighted by atomic mass is 10.2. The number of aryl methyl sites for hydroxylation is 1. The van der Waals surface area contributed by atoms with Crippen molar-refractivity contribution in [3.05, 3.63) is 45.7 Å². The summed E-state index contributed by atoms with van der Waals surface area (Å²) in [7, 11) is 0. The van der Waals surface area contributed by atoms with Crippen molar-refractivity contribution in [2.75, 3.05) is 0 Å². The van der Waals surface area contributed by atoms with Crippen LogP contribution in [0.2, 0.25) is 0 Å². The largest absolute Gasteiger partial charge is 0.477 e. The zero-order valence-corrected chi connectivity index (χ0v) is 11.6. The van der Waals surface area contributed by atoms with Gasteiger partial charge in [0.15, 0.2) is 0 Å². The van der Waals surface area contributed by atoms with E-state index in [4.69, 9.17) is 5.11 Å². The Kier molecular flexibility index (Phi) is 4.41. The van der Waals surface area contributed by atoms with E-state index in [1.165, 1.54) is 23.2 Å². The molecule has 2 aromatic rings. The number of hydrogen-bond acceptors (Lipinski definition) is 5. The molecule has 0 aliphatic heterocycles. The number of carbonyl (C=O) groups is 2. The van der Waals surface area contributed by atoms with Crippen LogP contribution in [0.25, 0.3) is 0 Å². The Balaban J connectivity index is 1.96. The van der Waals surface area contributed by atoms with E-state index in [1.54, 1.807) is 17.5 Å². The molecule has 0 spiro atoms. The number of hydrogen-bond donors (Lipinski definition) is 2. The maximum atomic E-state index is 11.9. The molecule has 0 unspecified atom stereocenters. The number of aromatic nitrogens is 2. The third-order valence-electron chi connectivity index (χ3n) is 2.59. The maximum Gasteiger partial charge on any atom is 0.354 e. The minimum absolute atomic E-state index is 0.0888. The van der Waals surface area contributed by atoms with Gasteiger partial charge in [-0.1, -0.05) is 6.92 Å². The lowest BCUT2D eigenvalue weighted by Crippen LogP contribution is -2.23. The van der Waals surface area contributed by atoms with E-state index in [-0.39, 0.29) is 11.6 Å². The molecule has 0 radical (unpaired) electrons. The Morgan fingerprint density at radius 3 is 2.65 bits per heavy atom. The Morgan fingerprint density at radius 1 is 1.30 bits per heavy atom. The van der Waals surface area contributed by atoms with Crippen LogP contribution in [0.3, 0.4) is 0 Å². The quantitative estimate of drug-likeness (QED) is 0.875. The Labute approximate surface area is 119 Å². The third-order valence-corrected chi connectivity index (χ3v) is 3.74. The molecule has 0 bridgehead atoms. The van der Waals surface area contributed by atoms with Gasteiger partial charge in [-0.3, -0.25) is 4.79 Å². The smallest absolute Gasteiger partial charge is 0.354 e. The second-order valence-corrected chi connectivity index (χ2v) is 5.19. The first kappa shape index (κ1) is 14.1. The number of carbonyl (C=O) groups excluding carboxylic acids is 1. The van der Waals surface area contributed by atoms with Crippen LogP contribution in [0.15, 0.2) is 24.5 Å². The van der Waals surface area contributed by atoms with Crippen molar-refractivity contribution >= 4 is 23.2 Å². The normalized spacial score (nSPS) is 10.2. The van der Waals surface area contributed by atoms with Gasteiger partial charge in [0.05, 0.1) is 12.1 Å². The molecule has 7 heteroatoms. The van der Waals surface area contributed by atoms with Gasteiger partial charge in [-0.05, 0) is 18.6 Å². The summed E-state index contributed by atoms with van der Waals surface area (Å²) >= 11 is 1.56. The van der Waals surface area contributed by atoms with Gasteiger partial charge in [-0.2, -0.15) is 0 Å². The average molecular weight is 291 g/mol. The summed E-state index contributed by atoms with van der Waals surface area (Å²) in [6, 6.07) is 2.74. The van der Waals surface area contributed by atoms with Gasteiger partial charge in [0, 0.05) is 17.3 Å². The number of amides is 1. The first-order chi connectivity index (χ1) is 9.60. The fourth-order valence-corrected chi connectivity index (χ4v) is 2.31. The number of aromatic carboxylic acids is 1. The van der Waals surface area contributed by atoms with E-state index in [0.29, 0.717) is 12.1 Å². The standard InChI is InChI=1S/C13H13N3O3S/c1-2-9-6-15-11(20-9)7-16-12(17)8-3-4-10(13(18)19)14-5-8/h3-6H,2,7H2,1H3,(H,16,17)(H,18,19). The Bertz CT molecular complexity index is 622. The molecule has 0 saturated carbocycles. The number of nitrogens with zero attached hydrogens (tertiary/aromatic N) is 2. The molecule has 2 N–H and O–H groups in total. The number of pyridine rings is 1. The minimum atomic E-state index is -1.12. The van der Waals surface area contributed by atoms with E-state index in [1.807, 2.05) is 6.92 Å². The van der Waals surface area contributed by atoms with E-state index < -0.39 is 5.97 Å². The second kappa shape index (κ2) is 6.25. The highest BCUT2D eigenvalue weighted by molar-refractivity contribution is 7.11. The zero-order chi connectivity index (χ0) is 14.5. The first-order valence-electron chi connectivity index (χ1n) is 6.01. The molecule has 2 heterocycles. The summed E-state index contributed by atoms with van der Waals surface area (Å²) in [5.41, 5.74) is 0.233. The van der Waals surface area contributed by atoms with Crippen LogP contribution in [-0.4, -0.2) is 27.0 Å². The zero-order valence-electron chi connectivity index (χ0n) is 10.8. The van der Waals surface area contributed by atoms with Crippen molar-refractivity contribution in [2.45, 2.75) is 19.9 Å². The Hall–Kier alpha value is -2.28. The monoisotopic (exact) mass is 291 g/mol. The van der Waals surface area contributed by atoms with Gasteiger partial charge in [-0.15, -0.1) is 11.3 Å². The van der Waals surface area contributed by atoms with Crippen LogP contribution < -0.4 is 5.32 Å². The van der Waals surface area contributed by atoms with Crippen LogP contribution in [0.5, 0.6) is 0 Å². The SMILES string of the molecule is CCc1cnc(CNC(=O)c2ccc(C(=O)O)nc2)s1. The summed E-state index contributed by atoms with van der Waals surface area (Å²) in [6.07, 6.45) is 3.97. The van der Waals surface area contributed by atoms with Gasteiger partial charge < -0.3 is 10.4 Å². The van der Waals surface area contributed by atoms with E-state index in [0.717, 1.165) is 11.4 Å². The molecule has 2 rings (SSSR count). The van der Waals surface area contributed by atoms with Crippen molar-refractivity contribution in [1.82, 2.24) is 15.3 Å². The van der Waals surface area contributed by atoms with Gasteiger partial charge in [0.1, 0.15) is 10.7 Å². The third kappa shape index (κ3) is 3.39. The van der Waals surface area contributed by atoms with Crippen LogP contribution in [0.4, 0.5) is 0 Å². The average Bonchev–Trinajstić information content (AvgIpc) is 2.93. The topological polar surface area (TPSA) is 92.2 Å². The van der Waals surface area contributed by atoms with Crippen molar-refractivity contribution in [3.8, 4) is 0 Å². The second-order valence-electron chi connectivity index (χ2n) is 3.99. The molecule has 0 atom stereocenters. The number of carboxylic acid groups (broad SMARTS) is 1. The minimum Gasteiger partial charge on any atom is -0.477 e. The van der Waals surface area contributed by atoms with E-state index in [9.17, 15) is 9.59 Å². The maximum absolute atomic E-state index is 11.9. The first-order valence-corrected chi connectivity index (χ1v) is 6.83.